The Hall–Kier alpha value is -1.63. The third kappa shape index (κ3) is 4.75. The monoisotopic (exact) mass is 352 g/mol. The van der Waals surface area contributed by atoms with E-state index in [-0.39, 0.29) is 5.82 Å². The van der Waals surface area contributed by atoms with Gasteiger partial charge < -0.3 is 0 Å². The van der Waals surface area contributed by atoms with E-state index in [4.69, 9.17) is 0 Å². The minimum Gasteiger partial charge on any atom is -0.207 e. The van der Waals surface area contributed by atoms with E-state index in [1.165, 1.54) is 49.7 Å². The van der Waals surface area contributed by atoms with Crippen molar-refractivity contribution in [2.24, 2.45) is 5.92 Å². The first-order valence-corrected chi connectivity index (χ1v) is 10.4. The summed E-state index contributed by atoms with van der Waals surface area (Å²) in [4.78, 5) is 0. The van der Waals surface area contributed by atoms with Crippen LogP contribution >= 0.6 is 0 Å². The fourth-order valence-corrected chi connectivity index (χ4v) is 4.68. The molecule has 0 saturated heterocycles. The molecule has 2 aromatic carbocycles. The lowest BCUT2D eigenvalue weighted by atomic mass is 9.77. The second-order valence-electron chi connectivity index (χ2n) is 8.29. The fourth-order valence-electron chi connectivity index (χ4n) is 4.68. The fraction of sp³-hybridized carbons (Fsp3) is 0.520. The Morgan fingerprint density at radius 1 is 0.923 bits per heavy atom. The van der Waals surface area contributed by atoms with Gasteiger partial charge in [-0.2, -0.15) is 0 Å². The van der Waals surface area contributed by atoms with Crippen LogP contribution < -0.4 is 0 Å². The predicted octanol–water partition coefficient (Wildman–Crippen LogP) is 7.30. The third-order valence-corrected chi connectivity index (χ3v) is 6.22. The van der Waals surface area contributed by atoms with Crippen molar-refractivity contribution in [3.05, 3.63) is 70.0 Å². The summed E-state index contributed by atoms with van der Waals surface area (Å²) in [5.41, 5.74) is 5.76. The van der Waals surface area contributed by atoms with Crippen LogP contribution in [0, 0.1) is 25.6 Å². The molecule has 1 aliphatic rings. The van der Waals surface area contributed by atoms with Crippen LogP contribution in [0.3, 0.4) is 0 Å². The number of hydrogen-bond donors (Lipinski definition) is 0. The summed E-state index contributed by atoms with van der Waals surface area (Å²) < 4.78 is 14.2. The van der Waals surface area contributed by atoms with Crippen molar-refractivity contribution in [3.8, 4) is 0 Å². The van der Waals surface area contributed by atoms with Crippen molar-refractivity contribution >= 4 is 0 Å². The molecule has 1 aliphatic carbocycles. The second-order valence-corrected chi connectivity index (χ2v) is 8.29. The Bertz CT molecular complexity index is 682. The molecule has 0 nitrogen and oxygen atoms in total. The van der Waals surface area contributed by atoms with Gasteiger partial charge in [-0.05, 0) is 98.1 Å². The van der Waals surface area contributed by atoms with Crippen LogP contribution in [0.5, 0.6) is 0 Å². The topological polar surface area (TPSA) is 0 Å². The van der Waals surface area contributed by atoms with Gasteiger partial charge in [0.1, 0.15) is 5.82 Å². The van der Waals surface area contributed by atoms with Gasteiger partial charge in [-0.1, -0.05) is 50.1 Å². The lowest BCUT2D eigenvalue weighted by Crippen LogP contribution is -2.13. The molecule has 0 bridgehead atoms. The van der Waals surface area contributed by atoms with Crippen LogP contribution in [0.4, 0.5) is 4.39 Å². The molecule has 1 saturated carbocycles. The molecule has 0 aromatic heterocycles. The van der Waals surface area contributed by atoms with Crippen LogP contribution in [-0.4, -0.2) is 0 Å². The van der Waals surface area contributed by atoms with E-state index in [0.717, 1.165) is 41.4 Å². The van der Waals surface area contributed by atoms with Gasteiger partial charge in [-0.15, -0.1) is 0 Å². The summed E-state index contributed by atoms with van der Waals surface area (Å²) in [6, 6.07) is 12.9. The maximum atomic E-state index is 14.2. The lowest BCUT2D eigenvalue weighted by Gasteiger charge is -2.28. The highest BCUT2D eigenvalue weighted by Gasteiger charge is 2.21. The number of benzene rings is 2. The van der Waals surface area contributed by atoms with Crippen molar-refractivity contribution in [3.63, 3.8) is 0 Å². The highest BCUT2D eigenvalue weighted by Crippen LogP contribution is 2.37. The maximum absolute atomic E-state index is 14.2. The van der Waals surface area contributed by atoms with Crippen LogP contribution in [0.25, 0.3) is 0 Å². The normalized spacial score (nSPS) is 20.3. The summed E-state index contributed by atoms with van der Waals surface area (Å²) in [6.07, 6.45) is 9.89. The summed E-state index contributed by atoms with van der Waals surface area (Å²) in [6.45, 7) is 6.27. The van der Waals surface area contributed by atoms with Crippen molar-refractivity contribution in [2.75, 3.05) is 0 Å². The summed E-state index contributed by atoms with van der Waals surface area (Å²) in [5, 5.41) is 0. The number of halogens is 1. The molecule has 140 valence electrons. The molecule has 26 heavy (non-hydrogen) atoms. The quantitative estimate of drug-likeness (QED) is 0.511. The predicted molar refractivity (Wildman–Crippen MR) is 109 cm³/mol. The van der Waals surface area contributed by atoms with E-state index in [1.54, 1.807) is 6.07 Å². The molecule has 0 atom stereocenters. The zero-order chi connectivity index (χ0) is 18.5. The molecule has 0 aliphatic heterocycles. The minimum atomic E-state index is -0.0528. The van der Waals surface area contributed by atoms with Gasteiger partial charge >= 0.3 is 0 Å². The van der Waals surface area contributed by atoms with Crippen LogP contribution in [0.2, 0.25) is 0 Å². The van der Waals surface area contributed by atoms with Crippen LogP contribution in [0.1, 0.15) is 79.2 Å². The van der Waals surface area contributed by atoms with Crippen molar-refractivity contribution in [1.29, 1.82) is 0 Å². The van der Waals surface area contributed by atoms with E-state index in [2.05, 4.69) is 37.3 Å². The lowest BCUT2D eigenvalue weighted by molar-refractivity contribution is 0.308. The Morgan fingerprint density at radius 3 is 2.23 bits per heavy atom. The number of hydrogen-bond acceptors (Lipinski definition) is 0. The van der Waals surface area contributed by atoms with Crippen molar-refractivity contribution in [2.45, 2.75) is 78.1 Å². The van der Waals surface area contributed by atoms with Crippen molar-refractivity contribution in [1.82, 2.24) is 0 Å². The van der Waals surface area contributed by atoms with Crippen LogP contribution in [-0.2, 0) is 12.8 Å². The molecule has 0 spiro atoms. The smallest absolute Gasteiger partial charge is 0.126 e. The molecular weight excluding hydrogens is 319 g/mol. The molecule has 2 aromatic rings. The summed E-state index contributed by atoms with van der Waals surface area (Å²) in [5.74, 6) is 1.65. The molecule has 1 heteroatoms. The molecular formula is C25H33F. The average molecular weight is 353 g/mol. The van der Waals surface area contributed by atoms with E-state index in [0.29, 0.717) is 0 Å². The molecule has 1 fully saturated rings. The average Bonchev–Trinajstić information content (AvgIpc) is 2.62. The van der Waals surface area contributed by atoms with Gasteiger partial charge in [0.25, 0.3) is 0 Å². The Kier molecular flexibility index (Phi) is 6.51. The molecule has 0 heterocycles. The zero-order valence-electron chi connectivity index (χ0n) is 16.7. The highest BCUT2D eigenvalue weighted by atomic mass is 19.1. The van der Waals surface area contributed by atoms with Gasteiger partial charge in [0.15, 0.2) is 0 Å². The molecule has 3 rings (SSSR count). The van der Waals surface area contributed by atoms with Crippen molar-refractivity contribution < 1.29 is 4.39 Å². The molecule has 0 N–H and O–H groups in total. The van der Waals surface area contributed by atoms with Crippen LogP contribution in [0.15, 0.2) is 36.4 Å². The summed E-state index contributed by atoms with van der Waals surface area (Å²) >= 11 is 0. The first-order valence-electron chi connectivity index (χ1n) is 10.4. The number of rotatable bonds is 6. The van der Waals surface area contributed by atoms with E-state index in [1.807, 2.05) is 13.8 Å². The molecule has 0 amide bonds. The first kappa shape index (κ1) is 19.1. The third-order valence-electron chi connectivity index (χ3n) is 6.22. The zero-order valence-corrected chi connectivity index (χ0v) is 16.7. The van der Waals surface area contributed by atoms with Gasteiger partial charge in [0, 0.05) is 0 Å². The second kappa shape index (κ2) is 8.84. The minimum absolute atomic E-state index is 0.0528. The Morgan fingerprint density at radius 2 is 1.62 bits per heavy atom. The first-order chi connectivity index (χ1) is 12.6. The highest BCUT2D eigenvalue weighted by molar-refractivity contribution is 5.33. The molecule has 0 radical (unpaired) electrons. The van der Waals surface area contributed by atoms with Gasteiger partial charge in [-0.25, -0.2) is 4.39 Å². The van der Waals surface area contributed by atoms with Gasteiger partial charge in [0.2, 0.25) is 0 Å². The van der Waals surface area contributed by atoms with E-state index >= 15 is 0 Å². The van der Waals surface area contributed by atoms with E-state index < -0.39 is 0 Å². The maximum Gasteiger partial charge on any atom is 0.126 e. The SMILES string of the molecule is CCCC1CCC(c2ccc(CCc3c(C)cc(C)cc3F)cc2)CC1. The standard InChI is InChI=1S/C25H33F/c1-4-5-20-6-11-22(12-7-20)23-13-8-21(9-14-23)10-15-24-19(3)16-18(2)17-25(24)26/h8-9,13-14,16-17,20,22H,4-7,10-12,15H2,1-3H3. The van der Waals surface area contributed by atoms with E-state index in [9.17, 15) is 4.39 Å². The Balaban J connectivity index is 1.57. The van der Waals surface area contributed by atoms with Gasteiger partial charge in [-0.3, -0.25) is 0 Å². The summed E-state index contributed by atoms with van der Waals surface area (Å²) in [7, 11) is 0. The Labute approximate surface area is 158 Å². The number of aryl methyl sites for hydroxylation is 3. The largest absolute Gasteiger partial charge is 0.207 e. The van der Waals surface area contributed by atoms with Gasteiger partial charge in [0.05, 0.1) is 0 Å². The molecule has 0 unspecified atom stereocenters.